The van der Waals surface area contributed by atoms with Crippen molar-refractivity contribution in [1.29, 1.82) is 0 Å². The predicted octanol–water partition coefficient (Wildman–Crippen LogP) is 4.76. The van der Waals surface area contributed by atoms with Crippen LogP contribution >= 0.6 is 0 Å². The molecule has 1 aliphatic rings. The van der Waals surface area contributed by atoms with E-state index in [0.717, 1.165) is 41.0 Å². The van der Waals surface area contributed by atoms with Crippen LogP contribution in [-0.4, -0.2) is 37.7 Å². The van der Waals surface area contributed by atoms with Gasteiger partial charge in [0.25, 0.3) is 6.01 Å². The summed E-state index contributed by atoms with van der Waals surface area (Å²) in [5.41, 5.74) is 4.73. The van der Waals surface area contributed by atoms with Crippen LogP contribution in [0.5, 0.6) is 6.01 Å². The third-order valence-electron chi connectivity index (χ3n) is 6.03. The monoisotopic (exact) mass is 424 g/mol. The van der Waals surface area contributed by atoms with E-state index in [0.29, 0.717) is 18.4 Å². The second-order valence-electron chi connectivity index (χ2n) is 8.80. The number of para-hydroxylation sites is 1. The van der Waals surface area contributed by atoms with Crippen molar-refractivity contribution in [2.24, 2.45) is 0 Å². The van der Waals surface area contributed by atoms with Crippen LogP contribution in [0, 0.1) is 0 Å². The molecule has 3 aromatic heterocycles. The Balaban J connectivity index is 1.39. The van der Waals surface area contributed by atoms with E-state index >= 15 is 0 Å². The Hall–Kier alpha value is -3.87. The molecule has 0 bridgehead atoms. The topological polar surface area (TPSA) is 80.7 Å². The van der Waals surface area contributed by atoms with Gasteiger partial charge in [-0.1, -0.05) is 48.5 Å². The highest BCUT2D eigenvalue weighted by Crippen LogP contribution is 2.37. The van der Waals surface area contributed by atoms with Gasteiger partial charge in [-0.2, -0.15) is 4.98 Å². The third-order valence-corrected chi connectivity index (χ3v) is 6.03. The molecule has 0 fully saturated rings. The van der Waals surface area contributed by atoms with Gasteiger partial charge in [0.15, 0.2) is 22.8 Å². The fraction of sp³-hybridized carbons (Fsp3) is 0.240. The molecule has 0 amide bonds. The standard InChI is InChI=1S/C25H24N6O/c1-25(2)15-32-24-28-20-22(26-13-12-17-14-27-19-11-7-6-10-18(17)19)29-21(30-23(20)31(24)25)16-8-4-3-5-9-16/h3-11,14,27H,12-13,15H2,1-2H3,(H,26,29,30). The van der Waals surface area contributed by atoms with E-state index in [1.807, 2.05) is 36.4 Å². The van der Waals surface area contributed by atoms with Gasteiger partial charge in [-0.05, 0) is 31.9 Å². The summed E-state index contributed by atoms with van der Waals surface area (Å²) in [6, 6.07) is 19.0. The van der Waals surface area contributed by atoms with Crippen molar-refractivity contribution in [2.75, 3.05) is 18.5 Å². The first-order valence-corrected chi connectivity index (χ1v) is 10.9. The van der Waals surface area contributed by atoms with Gasteiger partial charge in [-0.25, -0.2) is 9.97 Å². The van der Waals surface area contributed by atoms with Crippen LogP contribution in [0.25, 0.3) is 33.5 Å². The fourth-order valence-corrected chi connectivity index (χ4v) is 4.38. The average Bonchev–Trinajstić information content (AvgIpc) is 3.48. The van der Waals surface area contributed by atoms with Crippen molar-refractivity contribution < 1.29 is 4.74 Å². The Labute approximate surface area is 185 Å². The minimum atomic E-state index is -0.215. The summed E-state index contributed by atoms with van der Waals surface area (Å²) in [7, 11) is 0. The van der Waals surface area contributed by atoms with Crippen LogP contribution < -0.4 is 10.1 Å². The zero-order valence-corrected chi connectivity index (χ0v) is 18.1. The molecule has 7 nitrogen and oxygen atoms in total. The summed E-state index contributed by atoms with van der Waals surface area (Å²) in [4.78, 5) is 17.8. The van der Waals surface area contributed by atoms with Crippen molar-refractivity contribution in [3.8, 4) is 17.4 Å². The van der Waals surface area contributed by atoms with Gasteiger partial charge < -0.3 is 15.0 Å². The summed E-state index contributed by atoms with van der Waals surface area (Å²) in [6.07, 6.45) is 2.95. The van der Waals surface area contributed by atoms with Crippen LogP contribution in [0.2, 0.25) is 0 Å². The Morgan fingerprint density at radius 2 is 1.84 bits per heavy atom. The number of aromatic nitrogens is 5. The summed E-state index contributed by atoms with van der Waals surface area (Å²) in [5.74, 6) is 1.41. The van der Waals surface area contributed by atoms with Gasteiger partial charge in [-0.15, -0.1) is 0 Å². The number of rotatable bonds is 5. The Morgan fingerprint density at radius 3 is 2.72 bits per heavy atom. The molecule has 1 aliphatic heterocycles. The van der Waals surface area contributed by atoms with Crippen LogP contribution in [0.15, 0.2) is 60.8 Å². The number of imidazole rings is 1. The van der Waals surface area contributed by atoms with Gasteiger partial charge in [0.2, 0.25) is 0 Å². The number of fused-ring (bicyclic) bond motifs is 4. The smallest absolute Gasteiger partial charge is 0.299 e. The van der Waals surface area contributed by atoms with Crippen LogP contribution in [-0.2, 0) is 12.0 Å². The lowest BCUT2D eigenvalue weighted by molar-refractivity contribution is 0.268. The summed E-state index contributed by atoms with van der Waals surface area (Å²) in [6.45, 7) is 5.59. The number of ether oxygens (including phenoxy) is 1. The number of benzene rings is 2. The molecular formula is C25H24N6O. The number of anilines is 1. The van der Waals surface area contributed by atoms with Crippen molar-refractivity contribution in [3.63, 3.8) is 0 Å². The molecule has 0 spiro atoms. The maximum absolute atomic E-state index is 5.86. The molecule has 160 valence electrons. The lowest BCUT2D eigenvalue weighted by atomic mass is 10.1. The maximum Gasteiger partial charge on any atom is 0.299 e. The summed E-state index contributed by atoms with van der Waals surface area (Å²) in [5, 5.41) is 4.77. The molecule has 2 N–H and O–H groups in total. The molecule has 0 unspecified atom stereocenters. The van der Waals surface area contributed by atoms with Crippen molar-refractivity contribution >= 4 is 27.9 Å². The van der Waals surface area contributed by atoms with Crippen LogP contribution in [0.1, 0.15) is 19.4 Å². The molecule has 0 saturated carbocycles. The highest BCUT2D eigenvalue weighted by Gasteiger charge is 2.36. The van der Waals surface area contributed by atoms with E-state index in [2.05, 4.69) is 53.1 Å². The van der Waals surface area contributed by atoms with E-state index in [1.54, 1.807) is 0 Å². The van der Waals surface area contributed by atoms with E-state index in [9.17, 15) is 0 Å². The van der Waals surface area contributed by atoms with Crippen molar-refractivity contribution in [3.05, 3.63) is 66.4 Å². The first kappa shape index (κ1) is 18.9. The lowest BCUT2D eigenvalue weighted by Gasteiger charge is -2.18. The average molecular weight is 425 g/mol. The normalized spacial score (nSPS) is 14.6. The summed E-state index contributed by atoms with van der Waals surface area (Å²) < 4.78 is 7.95. The molecule has 6 rings (SSSR count). The predicted molar refractivity (Wildman–Crippen MR) is 126 cm³/mol. The molecule has 0 aliphatic carbocycles. The Bertz CT molecular complexity index is 1430. The second-order valence-corrected chi connectivity index (χ2v) is 8.80. The van der Waals surface area contributed by atoms with E-state index in [4.69, 9.17) is 19.7 Å². The van der Waals surface area contributed by atoms with E-state index < -0.39 is 0 Å². The molecule has 32 heavy (non-hydrogen) atoms. The molecule has 0 radical (unpaired) electrons. The zero-order chi connectivity index (χ0) is 21.7. The molecule has 0 saturated heterocycles. The number of aromatic amines is 1. The molecule has 5 aromatic rings. The van der Waals surface area contributed by atoms with Crippen LogP contribution in [0.3, 0.4) is 0 Å². The van der Waals surface area contributed by atoms with E-state index in [1.165, 1.54) is 10.9 Å². The Morgan fingerprint density at radius 1 is 1.03 bits per heavy atom. The minimum absolute atomic E-state index is 0.215. The third kappa shape index (κ3) is 3.00. The summed E-state index contributed by atoms with van der Waals surface area (Å²) >= 11 is 0. The molecule has 7 heteroatoms. The molecular weight excluding hydrogens is 400 g/mol. The van der Waals surface area contributed by atoms with Crippen LogP contribution in [0.4, 0.5) is 5.82 Å². The number of nitrogens with zero attached hydrogens (tertiary/aromatic N) is 4. The first-order valence-electron chi connectivity index (χ1n) is 10.9. The van der Waals surface area contributed by atoms with Gasteiger partial charge in [-0.3, -0.25) is 4.57 Å². The largest absolute Gasteiger partial charge is 0.462 e. The Kier molecular flexibility index (Phi) is 4.18. The van der Waals surface area contributed by atoms with Gasteiger partial charge >= 0.3 is 0 Å². The number of nitrogens with one attached hydrogen (secondary N) is 2. The lowest BCUT2D eigenvalue weighted by Crippen LogP contribution is -2.25. The number of hydrogen-bond donors (Lipinski definition) is 2. The molecule has 2 aromatic carbocycles. The molecule has 4 heterocycles. The first-order chi connectivity index (χ1) is 15.6. The quantitative estimate of drug-likeness (QED) is 0.425. The van der Waals surface area contributed by atoms with Crippen molar-refractivity contribution in [2.45, 2.75) is 25.8 Å². The SMILES string of the molecule is CC1(C)COc2nc3c(NCCc4c[nH]c5ccccc45)nc(-c4ccccc4)nc3n21. The highest BCUT2D eigenvalue weighted by molar-refractivity contribution is 5.87. The highest BCUT2D eigenvalue weighted by atomic mass is 16.5. The minimum Gasteiger partial charge on any atom is -0.462 e. The molecule has 0 atom stereocenters. The van der Waals surface area contributed by atoms with Gasteiger partial charge in [0, 0.05) is 29.2 Å². The van der Waals surface area contributed by atoms with Crippen molar-refractivity contribution in [1.82, 2.24) is 24.5 Å². The number of H-pyrrole nitrogens is 1. The second kappa shape index (κ2) is 7.09. The fourth-order valence-electron chi connectivity index (χ4n) is 4.38. The maximum atomic E-state index is 5.86. The zero-order valence-electron chi connectivity index (χ0n) is 18.1. The van der Waals surface area contributed by atoms with E-state index in [-0.39, 0.29) is 5.54 Å². The number of hydrogen-bond acceptors (Lipinski definition) is 5. The van der Waals surface area contributed by atoms with Gasteiger partial charge in [0.1, 0.15) is 6.61 Å². The van der Waals surface area contributed by atoms with Gasteiger partial charge in [0.05, 0.1) is 5.54 Å².